The lowest BCUT2D eigenvalue weighted by molar-refractivity contribution is -0.122. The van der Waals surface area contributed by atoms with Gasteiger partial charge in [0, 0.05) is 18.3 Å². The molecule has 2 N–H and O–H groups in total. The molecule has 2 amide bonds. The van der Waals surface area contributed by atoms with Crippen molar-refractivity contribution in [2.24, 2.45) is 0 Å². The maximum Gasteiger partial charge on any atom is 0.276 e. The van der Waals surface area contributed by atoms with E-state index in [0.29, 0.717) is 23.7 Å². The van der Waals surface area contributed by atoms with E-state index in [1.54, 1.807) is 25.1 Å². The van der Waals surface area contributed by atoms with Gasteiger partial charge >= 0.3 is 0 Å². The van der Waals surface area contributed by atoms with Crippen LogP contribution in [0.2, 0.25) is 0 Å². The Kier molecular flexibility index (Phi) is 4.51. The molecule has 2 heterocycles. The van der Waals surface area contributed by atoms with Crippen molar-refractivity contribution in [1.82, 2.24) is 9.78 Å². The number of nitrogens with zero attached hydrogens (tertiary/aromatic N) is 2. The molecule has 3 rings (SSSR count). The first-order valence-corrected chi connectivity index (χ1v) is 7.99. The fraction of sp³-hybridized carbons (Fsp3) is 0.294. The first-order valence-electron chi connectivity index (χ1n) is 7.99. The van der Waals surface area contributed by atoms with Gasteiger partial charge in [-0.15, -0.1) is 0 Å². The van der Waals surface area contributed by atoms with E-state index >= 15 is 0 Å². The van der Waals surface area contributed by atoms with Gasteiger partial charge in [0.25, 0.3) is 17.4 Å². The van der Waals surface area contributed by atoms with Crippen molar-refractivity contribution >= 4 is 23.2 Å². The van der Waals surface area contributed by atoms with Gasteiger partial charge in [-0.3, -0.25) is 14.4 Å². The predicted octanol–water partition coefficient (Wildman–Crippen LogP) is 1.62. The molecule has 1 unspecified atom stereocenters. The number of nitrogens with one attached hydrogen (secondary N) is 2. The van der Waals surface area contributed by atoms with Crippen molar-refractivity contribution in [1.29, 1.82) is 0 Å². The number of hydrogen-bond acceptors (Lipinski definition) is 5. The van der Waals surface area contributed by atoms with Crippen LogP contribution < -0.4 is 20.9 Å². The second kappa shape index (κ2) is 6.76. The zero-order valence-corrected chi connectivity index (χ0v) is 13.9. The monoisotopic (exact) mass is 342 g/mol. The molecule has 0 fully saturated rings. The largest absolute Gasteiger partial charge is 0.479 e. The predicted molar refractivity (Wildman–Crippen MR) is 91.9 cm³/mol. The SMILES string of the molecule is CCCn1nc(C(=O)Nc2ccc3c(c2)NC(=O)C(C)O3)ccc1=O. The third kappa shape index (κ3) is 3.52. The van der Waals surface area contributed by atoms with Crippen LogP contribution in [0.1, 0.15) is 30.8 Å². The second-order valence-electron chi connectivity index (χ2n) is 5.69. The number of rotatable bonds is 4. The van der Waals surface area contributed by atoms with Crippen LogP contribution >= 0.6 is 0 Å². The maximum absolute atomic E-state index is 12.4. The molecular formula is C17H18N4O4. The minimum Gasteiger partial charge on any atom is -0.479 e. The number of anilines is 2. The molecule has 0 spiro atoms. The van der Waals surface area contributed by atoms with Gasteiger partial charge in [0.15, 0.2) is 6.10 Å². The fourth-order valence-electron chi connectivity index (χ4n) is 2.42. The summed E-state index contributed by atoms with van der Waals surface area (Å²) in [6.45, 7) is 4.02. The lowest BCUT2D eigenvalue weighted by Crippen LogP contribution is -2.34. The van der Waals surface area contributed by atoms with Crippen LogP contribution in [0.15, 0.2) is 35.1 Å². The number of aromatic nitrogens is 2. The van der Waals surface area contributed by atoms with Crippen LogP contribution in [0, 0.1) is 0 Å². The molecule has 0 bridgehead atoms. The van der Waals surface area contributed by atoms with E-state index in [4.69, 9.17) is 4.74 Å². The third-order valence-electron chi connectivity index (χ3n) is 3.70. The summed E-state index contributed by atoms with van der Waals surface area (Å²) in [6, 6.07) is 7.66. The number of amides is 2. The molecule has 25 heavy (non-hydrogen) atoms. The fourth-order valence-corrected chi connectivity index (χ4v) is 2.42. The Labute approximate surface area is 143 Å². The molecule has 8 nitrogen and oxygen atoms in total. The van der Waals surface area contributed by atoms with Crippen LogP contribution in [-0.2, 0) is 11.3 Å². The Hall–Kier alpha value is -3.16. The second-order valence-corrected chi connectivity index (χ2v) is 5.69. The normalized spacial score (nSPS) is 15.8. The van der Waals surface area contributed by atoms with Crippen molar-refractivity contribution in [3.8, 4) is 5.75 Å². The Morgan fingerprint density at radius 1 is 1.32 bits per heavy atom. The Balaban J connectivity index is 1.80. The first-order chi connectivity index (χ1) is 12.0. The van der Waals surface area contributed by atoms with E-state index in [9.17, 15) is 14.4 Å². The van der Waals surface area contributed by atoms with E-state index in [2.05, 4.69) is 15.7 Å². The van der Waals surface area contributed by atoms with Gasteiger partial charge in [0.1, 0.15) is 11.4 Å². The van der Waals surface area contributed by atoms with Crippen molar-refractivity contribution in [2.75, 3.05) is 10.6 Å². The van der Waals surface area contributed by atoms with Crippen LogP contribution in [-0.4, -0.2) is 27.7 Å². The number of hydrogen-bond donors (Lipinski definition) is 2. The molecule has 1 aliphatic heterocycles. The molecule has 0 saturated heterocycles. The highest BCUT2D eigenvalue weighted by molar-refractivity contribution is 6.04. The van der Waals surface area contributed by atoms with Gasteiger partial charge < -0.3 is 15.4 Å². The zero-order chi connectivity index (χ0) is 18.0. The molecule has 1 aromatic heterocycles. The maximum atomic E-state index is 12.4. The Morgan fingerprint density at radius 3 is 2.88 bits per heavy atom. The smallest absolute Gasteiger partial charge is 0.276 e. The molecule has 0 radical (unpaired) electrons. The Bertz CT molecular complexity index is 890. The van der Waals surface area contributed by atoms with Crippen LogP contribution in [0.3, 0.4) is 0 Å². The van der Waals surface area contributed by atoms with Crippen LogP contribution in [0.4, 0.5) is 11.4 Å². The molecule has 8 heteroatoms. The average Bonchev–Trinajstić information content (AvgIpc) is 2.58. The molecule has 1 aromatic carbocycles. The quantitative estimate of drug-likeness (QED) is 0.879. The Morgan fingerprint density at radius 2 is 2.12 bits per heavy atom. The highest BCUT2D eigenvalue weighted by atomic mass is 16.5. The molecule has 1 aliphatic rings. The van der Waals surface area contributed by atoms with E-state index in [1.807, 2.05) is 6.92 Å². The van der Waals surface area contributed by atoms with E-state index < -0.39 is 12.0 Å². The number of ether oxygens (including phenoxy) is 1. The summed E-state index contributed by atoms with van der Waals surface area (Å²) in [6.07, 6.45) is 0.178. The number of aryl methyl sites for hydroxylation is 1. The van der Waals surface area contributed by atoms with Gasteiger partial charge in [-0.2, -0.15) is 5.10 Å². The van der Waals surface area contributed by atoms with E-state index in [1.165, 1.54) is 16.8 Å². The summed E-state index contributed by atoms with van der Waals surface area (Å²) in [5.74, 6) is -0.148. The van der Waals surface area contributed by atoms with Crippen molar-refractivity contribution in [2.45, 2.75) is 32.9 Å². The lowest BCUT2D eigenvalue weighted by Gasteiger charge is -2.23. The summed E-state index contributed by atoms with van der Waals surface area (Å²) >= 11 is 0. The van der Waals surface area contributed by atoms with Crippen molar-refractivity contribution in [3.05, 3.63) is 46.4 Å². The topological polar surface area (TPSA) is 102 Å². The summed E-state index contributed by atoms with van der Waals surface area (Å²) in [5.41, 5.74) is 0.864. The number of benzene rings is 1. The number of fused-ring (bicyclic) bond motifs is 1. The van der Waals surface area contributed by atoms with E-state index in [0.717, 1.165) is 6.42 Å². The van der Waals surface area contributed by atoms with Crippen LogP contribution in [0.25, 0.3) is 0 Å². The zero-order valence-electron chi connectivity index (χ0n) is 13.9. The van der Waals surface area contributed by atoms with Gasteiger partial charge in [0.2, 0.25) is 0 Å². The summed E-state index contributed by atoms with van der Waals surface area (Å²) in [7, 11) is 0. The summed E-state index contributed by atoms with van der Waals surface area (Å²) < 4.78 is 6.73. The molecule has 2 aromatic rings. The van der Waals surface area contributed by atoms with Crippen molar-refractivity contribution < 1.29 is 14.3 Å². The van der Waals surface area contributed by atoms with Gasteiger partial charge in [0.05, 0.1) is 5.69 Å². The van der Waals surface area contributed by atoms with Gasteiger partial charge in [-0.25, -0.2) is 4.68 Å². The van der Waals surface area contributed by atoms with Gasteiger partial charge in [-0.05, 0) is 37.6 Å². The minimum absolute atomic E-state index is 0.139. The number of carbonyl (C=O) groups is 2. The molecule has 0 aliphatic carbocycles. The number of carbonyl (C=O) groups excluding carboxylic acids is 2. The van der Waals surface area contributed by atoms with Crippen molar-refractivity contribution in [3.63, 3.8) is 0 Å². The average molecular weight is 342 g/mol. The van der Waals surface area contributed by atoms with Crippen LogP contribution in [0.5, 0.6) is 5.75 Å². The lowest BCUT2D eigenvalue weighted by atomic mass is 10.2. The summed E-state index contributed by atoms with van der Waals surface area (Å²) in [5, 5.41) is 9.48. The van der Waals surface area contributed by atoms with Gasteiger partial charge in [-0.1, -0.05) is 6.92 Å². The first kappa shape index (κ1) is 16.7. The third-order valence-corrected chi connectivity index (χ3v) is 3.70. The standard InChI is InChI=1S/C17H18N4O4/c1-3-8-21-15(22)7-5-12(20-21)17(24)18-11-4-6-14-13(9-11)19-16(23)10(2)25-14/h4-7,9-10H,3,8H2,1-2H3,(H,18,24)(H,19,23). The molecule has 1 atom stereocenters. The minimum atomic E-state index is -0.559. The highest BCUT2D eigenvalue weighted by Crippen LogP contribution is 2.32. The van der Waals surface area contributed by atoms with E-state index in [-0.39, 0.29) is 17.2 Å². The highest BCUT2D eigenvalue weighted by Gasteiger charge is 2.23. The molecular weight excluding hydrogens is 324 g/mol. The summed E-state index contributed by atoms with van der Waals surface area (Å²) in [4.78, 5) is 35.7. The molecule has 130 valence electrons. The molecule has 0 saturated carbocycles.